The van der Waals surface area contributed by atoms with Crippen LogP contribution in [0, 0.1) is 6.92 Å². The summed E-state index contributed by atoms with van der Waals surface area (Å²) < 4.78 is 5.23. The molecule has 0 bridgehead atoms. The first-order chi connectivity index (χ1) is 6.63. The van der Waals surface area contributed by atoms with Crippen LogP contribution < -0.4 is 4.74 Å². The molecule has 4 heteroatoms. The molecule has 0 aliphatic heterocycles. The Morgan fingerprint density at radius 2 is 2.21 bits per heavy atom. The van der Waals surface area contributed by atoms with Gasteiger partial charge in [0.15, 0.2) is 0 Å². The topological polar surface area (TPSA) is 49.7 Å². The summed E-state index contributed by atoms with van der Waals surface area (Å²) in [5.74, 6) is 0.638. The van der Waals surface area contributed by atoms with Gasteiger partial charge in [-0.25, -0.2) is 0 Å². The van der Waals surface area contributed by atoms with Crippen molar-refractivity contribution in [2.45, 2.75) is 13.0 Å². The molecule has 0 saturated heterocycles. The number of aliphatic hydroxyl groups is 2. The van der Waals surface area contributed by atoms with E-state index >= 15 is 0 Å². The number of hydrogen-bond acceptors (Lipinski definition) is 3. The van der Waals surface area contributed by atoms with E-state index < -0.39 is 6.10 Å². The number of ether oxygens (including phenoxy) is 1. The Hall–Kier alpha value is -0.770. The van der Waals surface area contributed by atoms with Crippen molar-refractivity contribution >= 4 is 11.6 Å². The lowest BCUT2D eigenvalue weighted by Gasteiger charge is -2.10. The zero-order valence-electron chi connectivity index (χ0n) is 7.90. The Morgan fingerprint density at radius 3 is 2.79 bits per heavy atom. The van der Waals surface area contributed by atoms with E-state index in [4.69, 9.17) is 26.6 Å². The molecular formula is C10H13ClO3. The van der Waals surface area contributed by atoms with Gasteiger partial charge in [0, 0.05) is 5.02 Å². The number of benzene rings is 1. The number of aryl methyl sites for hydroxylation is 1. The van der Waals surface area contributed by atoms with Crippen LogP contribution in [0.25, 0.3) is 0 Å². The molecule has 0 aliphatic carbocycles. The van der Waals surface area contributed by atoms with Crippen molar-refractivity contribution < 1.29 is 14.9 Å². The van der Waals surface area contributed by atoms with Crippen molar-refractivity contribution in [3.63, 3.8) is 0 Å². The summed E-state index contributed by atoms with van der Waals surface area (Å²) in [6, 6.07) is 5.24. The maximum atomic E-state index is 9.04. The standard InChI is InChI=1S/C10H13ClO3/c1-7-4-9(2-3-10(7)11)14-6-8(13)5-12/h2-4,8,12-13H,5-6H2,1H3/t8-/m0/s1. The Bertz CT molecular complexity index is 301. The highest BCUT2D eigenvalue weighted by molar-refractivity contribution is 6.31. The van der Waals surface area contributed by atoms with Crippen LogP contribution >= 0.6 is 11.6 Å². The highest BCUT2D eigenvalue weighted by atomic mass is 35.5. The van der Waals surface area contributed by atoms with Crippen LogP contribution in [0.3, 0.4) is 0 Å². The smallest absolute Gasteiger partial charge is 0.119 e. The van der Waals surface area contributed by atoms with Gasteiger partial charge < -0.3 is 14.9 Å². The van der Waals surface area contributed by atoms with Gasteiger partial charge in [-0.05, 0) is 30.7 Å². The summed E-state index contributed by atoms with van der Waals surface area (Å²) >= 11 is 5.83. The average molecular weight is 217 g/mol. The summed E-state index contributed by atoms with van der Waals surface area (Å²) in [4.78, 5) is 0. The summed E-state index contributed by atoms with van der Waals surface area (Å²) in [5, 5.41) is 18.3. The number of halogens is 1. The lowest BCUT2D eigenvalue weighted by atomic mass is 10.2. The minimum atomic E-state index is -0.842. The van der Waals surface area contributed by atoms with Crippen molar-refractivity contribution in [2.75, 3.05) is 13.2 Å². The molecule has 0 saturated carbocycles. The molecule has 2 N–H and O–H groups in total. The quantitative estimate of drug-likeness (QED) is 0.800. The third-order valence-corrected chi connectivity index (χ3v) is 2.21. The Labute approximate surface area is 87.9 Å². The zero-order valence-corrected chi connectivity index (χ0v) is 8.66. The lowest BCUT2D eigenvalue weighted by Crippen LogP contribution is -2.21. The number of hydrogen-bond donors (Lipinski definition) is 2. The van der Waals surface area contributed by atoms with E-state index in [9.17, 15) is 0 Å². The summed E-state index contributed by atoms with van der Waals surface area (Å²) in [6.45, 7) is 1.65. The van der Waals surface area contributed by atoms with Crippen molar-refractivity contribution in [2.24, 2.45) is 0 Å². The molecule has 0 aliphatic rings. The first kappa shape index (κ1) is 11.3. The Morgan fingerprint density at radius 1 is 1.50 bits per heavy atom. The van der Waals surface area contributed by atoms with Gasteiger partial charge in [-0.15, -0.1) is 0 Å². The molecule has 0 radical (unpaired) electrons. The van der Waals surface area contributed by atoms with Gasteiger partial charge >= 0.3 is 0 Å². The number of rotatable bonds is 4. The van der Waals surface area contributed by atoms with Crippen molar-refractivity contribution in [3.8, 4) is 5.75 Å². The van der Waals surface area contributed by atoms with Crippen LogP contribution in [0.5, 0.6) is 5.75 Å². The van der Waals surface area contributed by atoms with Crippen LogP contribution in [-0.2, 0) is 0 Å². The third kappa shape index (κ3) is 3.18. The Balaban J connectivity index is 2.55. The van der Waals surface area contributed by atoms with E-state index in [0.29, 0.717) is 10.8 Å². The van der Waals surface area contributed by atoms with Gasteiger partial charge in [-0.2, -0.15) is 0 Å². The molecule has 1 rings (SSSR count). The SMILES string of the molecule is Cc1cc(OC[C@@H](O)CO)ccc1Cl. The van der Waals surface area contributed by atoms with Crippen LogP contribution in [0.4, 0.5) is 0 Å². The molecule has 0 amide bonds. The summed E-state index contributed by atoms with van der Waals surface area (Å²) in [7, 11) is 0. The molecule has 3 nitrogen and oxygen atoms in total. The minimum absolute atomic E-state index is 0.0809. The average Bonchev–Trinajstić information content (AvgIpc) is 2.19. The number of aliphatic hydroxyl groups excluding tert-OH is 2. The lowest BCUT2D eigenvalue weighted by molar-refractivity contribution is 0.0536. The van der Waals surface area contributed by atoms with E-state index in [2.05, 4.69) is 0 Å². The van der Waals surface area contributed by atoms with Crippen LogP contribution in [-0.4, -0.2) is 29.5 Å². The van der Waals surface area contributed by atoms with Crippen molar-refractivity contribution in [1.82, 2.24) is 0 Å². The van der Waals surface area contributed by atoms with E-state index in [1.807, 2.05) is 6.92 Å². The fraction of sp³-hybridized carbons (Fsp3) is 0.400. The molecule has 1 aromatic rings. The van der Waals surface area contributed by atoms with E-state index in [-0.39, 0.29) is 13.2 Å². The van der Waals surface area contributed by atoms with Gasteiger partial charge in [0.05, 0.1) is 6.61 Å². The fourth-order valence-electron chi connectivity index (χ4n) is 0.952. The molecule has 0 heterocycles. The minimum Gasteiger partial charge on any atom is -0.491 e. The third-order valence-electron chi connectivity index (χ3n) is 1.78. The molecule has 0 fully saturated rings. The van der Waals surface area contributed by atoms with E-state index in [0.717, 1.165) is 5.56 Å². The highest BCUT2D eigenvalue weighted by Gasteiger charge is 2.03. The fourth-order valence-corrected chi connectivity index (χ4v) is 1.07. The van der Waals surface area contributed by atoms with Gasteiger partial charge in [0.2, 0.25) is 0 Å². The maximum Gasteiger partial charge on any atom is 0.119 e. The largest absolute Gasteiger partial charge is 0.491 e. The second kappa shape index (κ2) is 5.20. The monoisotopic (exact) mass is 216 g/mol. The van der Waals surface area contributed by atoms with Crippen molar-refractivity contribution in [1.29, 1.82) is 0 Å². The van der Waals surface area contributed by atoms with E-state index in [1.54, 1.807) is 18.2 Å². The highest BCUT2D eigenvalue weighted by Crippen LogP contribution is 2.20. The van der Waals surface area contributed by atoms with Crippen LogP contribution in [0.1, 0.15) is 5.56 Å². The van der Waals surface area contributed by atoms with Crippen LogP contribution in [0.15, 0.2) is 18.2 Å². The normalized spacial score (nSPS) is 12.6. The predicted octanol–water partition coefficient (Wildman–Crippen LogP) is 1.38. The second-order valence-electron chi connectivity index (χ2n) is 3.06. The molecule has 78 valence electrons. The van der Waals surface area contributed by atoms with Gasteiger partial charge in [0.25, 0.3) is 0 Å². The molecule has 0 spiro atoms. The van der Waals surface area contributed by atoms with Gasteiger partial charge in [0.1, 0.15) is 18.5 Å². The molecule has 14 heavy (non-hydrogen) atoms. The van der Waals surface area contributed by atoms with Crippen LogP contribution in [0.2, 0.25) is 5.02 Å². The molecule has 1 aromatic carbocycles. The molecule has 0 unspecified atom stereocenters. The molecule has 1 atom stereocenters. The molecule has 0 aromatic heterocycles. The zero-order chi connectivity index (χ0) is 10.6. The van der Waals surface area contributed by atoms with E-state index in [1.165, 1.54) is 0 Å². The van der Waals surface area contributed by atoms with Gasteiger partial charge in [-0.1, -0.05) is 11.6 Å². The predicted molar refractivity (Wildman–Crippen MR) is 54.8 cm³/mol. The van der Waals surface area contributed by atoms with Crippen molar-refractivity contribution in [3.05, 3.63) is 28.8 Å². The molecular weight excluding hydrogens is 204 g/mol. The first-order valence-electron chi connectivity index (χ1n) is 4.31. The maximum absolute atomic E-state index is 9.04. The summed E-state index contributed by atoms with van der Waals surface area (Å²) in [6.07, 6.45) is -0.842. The van der Waals surface area contributed by atoms with Gasteiger partial charge in [-0.3, -0.25) is 0 Å². The first-order valence-corrected chi connectivity index (χ1v) is 4.69. The second-order valence-corrected chi connectivity index (χ2v) is 3.47. The summed E-state index contributed by atoms with van der Waals surface area (Å²) in [5.41, 5.74) is 0.919. The Kier molecular flexibility index (Phi) is 4.20.